The number of likely N-dealkylation sites (tertiary alicyclic amines) is 1. The van der Waals surface area contributed by atoms with Gasteiger partial charge in [-0.05, 0) is 32.4 Å². The Morgan fingerprint density at radius 1 is 1.45 bits per heavy atom. The van der Waals surface area contributed by atoms with Gasteiger partial charge in [0.15, 0.2) is 0 Å². The maximum absolute atomic E-state index is 11.0. The molecule has 1 aromatic carbocycles. The van der Waals surface area contributed by atoms with Crippen LogP contribution in [-0.2, 0) is 4.79 Å². The van der Waals surface area contributed by atoms with Crippen LogP contribution >= 0.6 is 0 Å². The highest BCUT2D eigenvalue weighted by Crippen LogP contribution is 2.34. The molecule has 0 amide bonds. The molecule has 0 spiro atoms. The molecule has 0 radical (unpaired) electrons. The molecule has 2 atom stereocenters. The Hall–Kier alpha value is -1.55. The molecule has 0 saturated carbocycles. The molecule has 110 valence electrons. The first kappa shape index (κ1) is 14.9. The first-order chi connectivity index (χ1) is 9.63. The fourth-order valence-corrected chi connectivity index (χ4v) is 3.14. The molecule has 0 aromatic heterocycles. The lowest BCUT2D eigenvalue weighted by atomic mass is 9.95. The van der Waals surface area contributed by atoms with Gasteiger partial charge in [-0.15, -0.1) is 0 Å². The quantitative estimate of drug-likeness (QED) is 0.898. The number of benzene rings is 1. The van der Waals surface area contributed by atoms with Crippen LogP contribution in [0.25, 0.3) is 0 Å². The highest BCUT2D eigenvalue weighted by atomic mass is 16.5. The third-order valence-electron chi connectivity index (χ3n) is 4.17. The molecule has 2 rings (SSSR count). The predicted molar refractivity (Wildman–Crippen MR) is 78.0 cm³/mol. The molecular formula is C16H23NO3. The molecule has 0 bridgehead atoms. The van der Waals surface area contributed by atoms with Gasteiger partial charge in [-0.1, -0.05) is 24.6 Å². The number of aliphatic carboxylic acids is 1. The lowest BCUT2D eigenvalue weighted by molar-refractivity contribution is -0.139. The summed E-state index contributed by atoms with van der Waals surface area (Å²) in [6.45, 7) is 3.09. The van der Waals surface area contributed by atoms with Crippen molar-refractivity contribution >= 4 is 5.97 Å². The van der Waals surface area contributed by atoms with E-state index >= 15 is 0 Å². The molecule has 1 aliphatic rings. The van der Waals surface area contributed by atoms with Crippen LogP contribution < -0.4 is 4.74 Å². The van der Waals surface area contributed by atoms with Crippen LogP contribution in [-0.4, -0.2) is 35.7 Å². The monoisotopic (exact) mass is 277 g/mol. The topological polar surface area (TPSA) is 49.8 Å². The number of carbonyl (C=O) groups is 1. The number of para-hydroxylation sites is 1. The molecule has 2 unspecified atom stereocenters. The molecule has 1 aromatic rings. The van der Waals surface area contributed by atoms with E-state index in [4.69, 9.17) is 9.84 Å². The standard InChI is InChI=1S/C16H23NO3/c1-12(14-8-3-4-9-15(14)20-2)17-10-6-5-7-13(17)11-16(18)19/h3-4,8-9,12-13H,5-7,10-11H2,1-2H3,(H,18,19). The SMILES string of the molecule is COc1ccccc1C(C)N1CCCCC1CC(=O)O. The minimum Gasteiger partial charge on any atom is -0.496 e. The average molecular weight is 277 g/mol. The van der Waals surface area contributed by atoms with Crippen molar-refractivity contribution in [2.45, 2.75) is 44.7 Å². The fourth-order valence-electron chi connectivity index (χ4n) is 3.14. The van der Waals surface area contributed by atoms with Crippen molar-refractivity contribution in [1.29, 1.82) is 0 Å². The molecule has 1 saturated heterocycles. The summed E-state index contributed by atoms with van der Waals surface area (Å²) in [5.74, 6) is 0.161. The van der Waals surface area contributed by atoms with Gasteiger partial charge in [-0.25, -0.2) is 0 Å². The zero-order valence-corrected chi connectivity index (χ0v) is 12.2. The summed E-state index contributed by atoms with van der Waals surface area (Å²) in [5, 5.41) is 9.09. The van der Waals surface area contributed by atoms with Crippen LogP contribution in [0.1, 0.15) is 44.2 Å². The van der Waals surface area contributed by atoms with E-state index in [0.29, 0.717) is 0 Å². The van der Waals surface area contributed by atoms with Gasteiger partial charge in [0, 0.05) is 17.6 Å². The summed E-state index contributed by atoms with van der Waals surface area (Å²) in [6.07, 6.45) is 3.44. The first-order valence-corrected chi connectivity index (χ1v) is 7.24. The molecule has 20 heavy (non-hydrogen) atoms. The smallest absolute Gasteiger partial charge is 0.304 e. The van der Waals surface area contributed by atoms with E-state index in [2.05, 4.69) is 17.9 Å². The number of carboxylic acids is 1. The number of carboxylic acid groups (broad SMARTS) is 1. The number of hydrogen-bond acceptors (Lipinski definition) is 3. The second kappa shape index (κ2) is 6.75. The number of methoxy groups -OCH3 is 1. The maximum Gasteiger partial charge on any atom is 0.304 e. The number of ether oxygens (including phenoxy) is 1. The van der Waals surface area contributed by atoms with Gasteiger partial charge in [0.25, 0.3) is 0 Å². The van der Waals surface area contributed by atoms with Crippen LogP contribution in [0.3, 0.4) is 0 Å². The van der Waals surface area contributed by atoms with Crippen molar-refractivity contribution in [3.05, 3.63) is 29.8 Å². The molecule has 4 nitrogen and oxygen atoms in total. The lowest BCUT2D eigenvalue weighted by Gasteiger charge is -2.39. The minimum atomic E-state index is -0.714. The molecule has 0 aliphatic carbocycles. The van der Waals surface area contributed by atoms with E-state index < -0.39 is 5.97 Å². The Balaban J connectivity index is 2.20. The summed E-state index contributed by atoms with van der Waals surface area (Å²) in [5.41, 5.74) is 1.13. The van der Waals surface area contributed by atoms with Gasteiger partial charge in [0.2, 0.25) is 0 Å². The Bertz CT molecular complexity index is 461. The van der Waals surface area contributed by atoms with E-state index in [0.717, 1.165) is 37.1 Å². The normalized spacial score (nSPS) is 21.4. The Morgan fingerprint density at radius 3 is 2.90 bits per heavy atom. The fraction of sp³-hybridized carbons (Fsp3) is 0.562. The van der Waals surface area contributed by atoms with E-state index in [1.165, 1.54) is 0 Å². The van der Waals surface area contributed by atoms with Gasteiger partial charge in [0.05, 0.1) is 13.5 Å². The van der Waals surface area contributed by atoms with Crippen LogP contribution in [0, 0.1) is 0 Å². The average Bonchev–Trinajstić information content (AvgIpc) is 2.46. The maximum atomic E-state index is 11.0. The molecule has 4 heteroatoms. The third-order valence-corrected chi connectivity index (χ3v) is 4.17. The summed E-state index contributed by atoms with van der Waals surface area (Å²) < 4.78 is 5.43. The van der Waals surface area contributed by atoms with Gasteiger partial charge >= 0.3 is 5.97 Å². The Morgan fingerprint density at radius 2 is 2.20 bits per heavy atom. The summed E-state index contributed by atoms with van der Waals surface area (Å²) >= 11 is 0. The Labute approximate surface area is 120 Å². The zero-order chi connectivity index (χ0) is 14.5. The Kier molecular flexibility index (Phi) is 5.01. The summed E-state index contributed by atoms with van der Waals surface area (Å²) in [6, 6.07) is 8.29. The lowest BCUT2D eigenvalue weighted by Crippen LogP contribution is -2.42. The van der Waals surface area contributed by atoms with Gasteiger partial charge in [-0.3, -0.25) is 9.69 Å². The van der Waals surface area contributed by atoms with Crippen LogP contribution in [0.2, 0.25) is 0 Å². The summed E-state index contributed by atoms with van der Waals surface area (Å²) in [7, 11) is 1.68. The zero-order valence-electron chi connectivity index (χ0n) is 12.2. The predicted octanol–water partition coefficient (Wildman–Crippen LogP) is 3.09. The van der Waals surface area contributed by atoms with E-state index in [1.807, 2.05) is 18.2 Å². The van der Waals surface area contributed by atoms with E-state index in [9.17, 15) is 4.79 Å². The van der Waals surface area contributed by atoms with Crippen molar-refractivity contribution in [3.63, 3.8) is 0 Å². The van der Waals surface area contributed by atoms with Crippen molar-refractivity contribution in [2.75, 3.05) is 13.7 Å². The molecular weight excluding hydrogens is 254 g/mol. The number of hydrogen-bond donors (Lipinski definition) is 1. The number of rotatable bonds is 5. The first-order valence-electron chi connectivity index (χ1n) is 7.24. The van der Waals surface area contributed by atoms with Crippen LogP contribution in [0.5, 0.6) is 5.75 Å². The minimum absolute atomic E-state index is 0.126. The number of nitrogens with zero attached hydrogens (tertiary/aromatic N) is 1. The largest absolute Gasteiger partial charge is 0.496 e. The van der Waals surface area contributed by atoms with Crippen molar-refractivity contribution < 1.29 is 14.6 Å². The molecule has 1 fully saturated rings. The molecule has 1 aliphatic heterocycles. The highest BCUT2D eigenvalue weighted by Gasteiger charge is 2.29. The van der Waals surface area contributed by atoms with Crippen molar-refractivity contribution in [3.8, 4) is 5.75 Å². The van der Waals surface area contributed by atoms with Crippen LogP contribution in [0.15, 0.2) is 24.3 Å². The second-order valence-corrected chi connectivity index (χ2v) is 5.40. The third kappa shape index (κ3) is 3.31. The van der Waals surface area contributed by atoms with Gasteiger partial charge in [0.1, 0.15) is 5.75 Å². The summed E-state index contributed by atoms with van der Waals surface area (Å²) in [4.78, 5) is 13.4. The van der Waals surface area contributed by atoms with E-state index in [1.54, 1.807) is 7.11 Å². The van der Waals surface area contributed by atoms with Crippen LogP contribution in [0.4, 0.5) is 0 Å². The van der Waals surface area contributed by atoms with E-state index in [-0.39, 0.29) is 18.5 Å². The van der Waals surface area contributed by atoms with Crippen molar-refractivity contribution in [1.82, 2.24) is 4.90 Å². The number of piperidine rings is 1. The van der Waals surface area contributed by atoms with Crippen molar-refractivity contribution in [2.24, 2.45) is 0 Å². The highest BCUT2D eigenvalue weighted by molar-refractivity contribution is 5.67. The van der Waals surface area contributed by atoms with Gasteiger partial charge in [-0.2, -0.15) is 0 Å². The van der Waals surface area contributed by atoms with Gasteiger partial charge < -0.3 is 9.84 Å². The molecule has 1 heterocycles. The molecule has 1 N–H and O–H groups in total. The second-order valence-electron chi connectivity index (χ2n) is 5.40.